The van der Waals surface area contributed by atoms with E-state index in [-0.39, 0.29) is 6.10 Å². The SMILES string of the molecule is COC1CCCCC1NCc1cn[nH]c1NC(=O)OC(C)(C)C. The van der Waals surface area contributed by atoms with Crippen LogP contribution >= 0.6 is 0 Å². The summed E-state index contributed by atoms with van der Waals surface area (Å²) in [6.07, 6.45) is 6.09. The second kappa shape index (κ2) is 7.79. The van der Waals surface area contributed by atoms with Crippen LogP contribution < -0.4 is 10.6 Å². The summed E-state index contributed by atoms with van der Waals surface area (Å²) >= 11 is 0. The number of aromatic amines is 1. The Morgan fingerprint density at radius 1 is 1.39 bits per heavy atom. The highest BCUT2D eigenvalue weighted by atomic mass is 16.6. The van der Waals surface area contributed by atoms with Crippen molar-refractivity contribution in [2.24, 2.45) is 0 Å². The molecular formula is C16H28N4O3. The van der Waals surface area contributed by atoms with E-state index in [9.17, 15) is 4.79 Å². The molecule has 1 aromatic heterocycles. The Balaban J connectivity index is 1.89. The molecule has 130 valence electrons. The van der Waals surface area contributed by atoms with Crippen molar-refractivity contribution in [3.8, 4) is 0 Å². The van der Waals surface area contributed by atoms with Crippen LogP contribution in [-0.4, -0.2) is 41.1 Å². The molecule has 0 spiro atoms. The van der Waals surface area contributed by atoms with Crippen LogP contribution in [0.3, 0.4) is 0 Å². The number of hydrogen-bond acceptors (Lipinski definition) is 5. The predicted molar refractivity (Wildman–Crippen MR) is 88.3 cm³/mol. The van der Waals surface area contributed by atoms with Crippen molar-refractivity contribution < 1.29 is 14.3 Å². The summed E-state index contributed by atoms with van der Waals surface area (Å²) in [5.74, 6) is 0.566. The fraction of sp³-hybridized carbons (Fsp3) is 0.750. The van der Waals surface area contributed by atoms with Crippen LogP contribution in [0.2, 0.25) is 0 Å². The number of aromatic nitrogens is 2. The van der Waals surface area contributed by atoms with Gasteiger partial charge in [-0.15, -0.1) is 0 Å². The smallest absolute Gasteiger partial charge is 0.413 e. The lowest BCUT2D eigenvalue weighted by molar-refractivity contribution is 0.0413. The van der Waals surface area contributed by atoms with E-state index in [0.29, 0.717) is 18.4 Å². The van der Waals surface area contributed by atoms with Gasteiger partial charge in [-0.1, -0.05) is 12.8 Å². The van der Waals surface area contributed by atoms with E-state index in [2.05, 4.69) is 20.8 Å². The Kier molecular flexibility index (Phi) is 6.01. The van der Waals surface area contributed by atoms with Gasteiger partial charge in [-0.25, -0.2) is 4.79 Å². The number of rotatable bonds is 5. The highest BCUT2D eigenvalue weighted by Crippen LogP contribution is 2.22. The average molecular weight is 324 g/mol. The number of hydrogen-bond donors (Lipinski definition) is 3. The van der Waals surface area contributed by atoms with Gasteiger partial charge in [0.1, 0.15) is 11.4 Å². The minimum Gasteiger partial charge on any atom is -0.444 e. The quantitative estimate of drug-likeness (QED) is 0.775. The van der Waals surface area contributed by atoms with Gasteiger partial charge in [0.15, 0.2) is 0 Å². The van der Waals surface area contributed by atoms with Gasteiger partial charge in [0.25, 0.3) is 0 Å². The molecule has 0 aromatic carbocycles. The number of nitrogens with zero attached hydrogens (tertiary/aromatic N) is 1. The van der Waals surface area contributed by atoms with Crippen LogP contribution in [0.5, 0.6) is 0 Å². The maximum Gasteiger partial charge on any atom is 0.413 e. The van der Waals surface area contributed by atoms with Crippen molar-refractivity contribution in [1.82, 2.24) is 15.5 Å². The fourth-order valence-electron chi connectivity index (χ4n) is 2.81. The number of H-pyrrole nitrogens is 1. The monoisotopic (exact) mass is 324 g/mol. The van der Waals surface area contributed by atoms with E-state index in [4.69, 9.17) is 9.47 Å². The first-order chi connectivity index (χ1) is 10.9. The number of carbonyl (C=O) groups is 1. The van der Waals surface area contributed by atoms with Crippen molar-refractivity contribution in [1.29, 1.82) is 0 Å². The van der Waals surface area contributed by atoms with Crippen molar-refractivity contribution >= 4 is 11.9 Å². The lowest BCUT2D eigenvalue weighted by Gasteiger charge is -2.31. The zero-order chi connectivity index (χ0) is 16.9. The van der Waals surface area contributed by atoms with Crippen molar-refractivity contribution in [3.05, 3.63) is 11.8 Å². The van der Waals surface area contributed by atoms with E-state index in [1.54, 1.807) is 13.3 Å². The minimum atomic E-state index is -0.531. The molecule has 0 saturated heterocycles. The summed E-state index contributed by atoms with van der Waals surface area (Å²) in [6.45, 7) is 6.11. The molecule has 0 radical (unpaired) electrons. The fourth-order valence-corrected chi connectivity index (χ4v) is 2.81. The number of amides is 1. The molecule has 0 aliphatic heterocycles. The van der Waals surface area contributed by atoms with E-state index >= 15 is 0 Å². The van der Waals surface area contributed by atoms with Crippen LogP contribution in [0.1, 0.15) is 52.0 Å². The summed E-state index contributed by atoms with van der Waals surface area (Å²) < 4.78 is 10.8. The minimum absolute atomic E-state index is 0.248. The molecule has 1 heterocycles. The molecule has 7 nitrogen and oxygen atoms in total. The number of anilines is 1. The molecule has 1 saturated carbocycles. The summed E-state index contributed by atoms with van der Waals surface area (Å²) in [6, 6.07) is 0.332. The second-order valence-electron chi connectivity index (χ2n) is 6.94. The Morgan fingerprint density at radius 2 is 2.13 bits per heavy atom. The van der Waals surface area contributed by atoms with E-state index < -0.39 is 11.7 Å². The number of ether oxygens (including phenoxy) is 2. The van der Waals surface area contributed by atoms with Crippen molar-refractivity contribution in [2.45, 2.75) is 70.7 Å². The van der Waals surface area contributed by atoms with Crippen LogP contribution in [0, 0.1) is 0 Å². The molecule has 7 heteroatoms. The highest BCUT2D eigenvalue weighted by Gasteiger charge is 2.25. The van der Waals surface area contributed by atoms with E-state index in [0.717, 1.165) is 18.4 Å². The Hall–Kier alpha value is -1.60. The Labute approximate surface area is 137 Å². The third kappa shape index (κ3) is 5.51. The summed E-state index contributed by atoms with van der Waals surface area (Å²) in [4.78, 5) is 11.9. The standard InChI is InChI=1S/C16H28N4O3/c1-16(2,3)23-15(21)19-14-11(10-18-20-14)9-17-12-7-5-6-8-13(12)22-4/h10,12-13,17H,5-9H2,1-4H3,(H2,18,19,20,21). The van der Waals surface area contributed by atoms with Crippen molar-refractivity contribution in [2.75, 3.05) is 12.4 Å². The second-order valence-corrected chi connectivity index (χ2v) is 6.94. The van der Waals surface area contributed by atoms with Gasteiger partial charge in [-0.3, -0.25) is 10.4 Å². The molecule has 1 aromatic rings. The van der Waals surface area contributed by atoms with Crippen LogP contribution in [0.25, 0.3) is 0 Å². The molecule has 0 bridgehead atoms. The summed E-state index contributed by atoms with van der Waals surface area (Å²) in [5, 5.41) is 13.0. The number of nitrogens with one attached hydrogen (secondary N) is 3. The molecule has 2 rings (SSSR count). The molecule has 2 unspecified atom stereocenters. The Bertz CT molecular complexity index is 510. The van der Waals surface area contributed by atoms with E-state index in [1.807, 2.05) is 20.8 Å². The largest absolute Gasteiger partial charge is 0.444 e. The zero-order valence-corrected chi connectivity index (χ0v) is 14.4. The topological polar surface area (TPSA) is 88.3 Å². The first kappa shape index (κ1) is 17.7. The van der Waals surface area contributed by atoms with Gasteiger partial charge in [-0.2, -0.15) is 5.10 Å². The number of methoxy groups -OCH3 is 1. The van der Waals surface area contributed by atoms with Gasteiger partial charge >= 0.3 is 6.09 Å². The molecular weight excluding hydrogens is 296 g/mol. The summed E-state index contributed by atoms with van der Waals surface area (Å²) in [5.41, 5.74) is 0.368. The van der Waals surface area contributed by atoms with Crippen LogP contribution in [0.15, 0.2) is 6.20 Å². The van der Waals surface area contributed by atoms with Gasteiger partial charge in [0.05, 0.1) is 12.3 Å². The van der Waals surface area contributed by atoms with Gasteiger partial charge in [0, 0.05) is 25.3 Å². The highest BCUT2D eigenvalue weighted by molar-refractivity contribution is 5.84. The maximum absolute atomic E-state index is 11.9. The molecule has 1 aliphatic rings. The average Bonchev–Trinajstić information content (AvgIpc) is 2.90. The summed E-state index contributed by atoms with van der Waals surface area (Å²) in [7, 11) is 1.76. The molecule has 1 fully saturated rings. The molecule has 23 heavy (non-hydrogen) atoms. The van der Waals surface area contributed by atoms with Crippen LogP contribution in [-0.2, 0) is 16.0 Å². The third-order valence-corrected chi connectivity index (χ3v) is 3.90. The lowest BCUT2D eigenvalue weighted by Crippen LogP contribution is -2.42. The van der Waals surface area contributed by atoms with Crippen molar-refractivity contribution in [3.63, 3.8) is 0 Å². The predicted octanol–water partition coefficient (Wildman–Crippen LogP) is 2.80. The maximum atomic E-state index is 11.9. The zero-order valence-electron chi connectivity index (χ0n) is 14.4. The Morgan fingerprint density at radius 3 is 2.83 bits per heavy atom. The molecule has 1 amide bonds. The van der Waals surface area contributed by atoms with Gasteiger partial charge in [0.2, 0.25) is 0 Å². The molecule has 2 atom stereocenters. The van der Waals surface area contributed by atoms with Crippen LogP contribution in [0.4, 0.5) is 10.6 Å². The van der Waals surface area contributed by atoms with Gasteiger partial charge in [-0.05, 0) is 33.6 Å². The third-order valence-electron chi connectivity index (χ3n) is 3.90. The first-order valence-electron chi connectivity index (χ1n) is 8.17. The lowest BCUT2D eigenvalue weighted by atomic mass is 9.92. The number of carbonyl (C=O) groups excluding carboxylic acids is 1. The molecule has 1 aliphatic carbocycles. The van der Waals surface area contributed by atoms with Gasteiger partial charge < -0.3 is 14.8 Å². The molecule has 3 N–H and O–H groups in total. The van der Waals surface area contributed by atoms with E-state index in [1.165, 1.54) is 12.8 Å². The normalized spacial score (nSPS) is 21.9. The first-order valence-corrected chi connectivity index (χ1v) is 8.17.